The molecule has 0 saturated carbocycles. The van der Waals surface area contributed by atoms with E-state index in [0.29, 0.717) is 0 Å². The molecule has 2 rings (SSSR count). The van der Waals surface area contributed by atoms with E-state index in [0.717, 1.165) is 0 Å². The number of hydrogen-bond donors (Lipinski definition) is 3. The highest BCUT2D eigenvalue weighted by Crippen LogP contribution is 2.27. The molecule has 1 amide bonds. The maximum atomic E-state index is 12.4. The Bertz CT molecular complexity index is 636. The maximum Gasteiger partial charge on any atom is 0.338 e. The molecule has 1 aliphatic rings. The minimum atomic E-state index is -1.56. The smallest absolute Gasteiger partial charge is 0.338 e. The van der Waals surface area contributed by atoms with E-state index in [4.69, 9.17) is 9.47 Å². The SMILES string of the molecule is C=CCN(C(C)=O)[C@@H]1[C@@H](OC(=O)c2ccccc2)[C@H](O)[C@@H](CO)O[C@@H]1O. The third kappa shape index (κ3) is 4.28. The molecule has 0 spiro atoms. The van der Waals surface area contributed by atoms with E-state index >= 15 is 0 Å². The first-order valence-corrected chi connectivity index (χ1v) is 8.17. The quantitative estimate of drug-likeness (QED) is 0.467. The van der Waals surface area contributed by atoms with Crippen LogP contribution in [0.4, 0.5) is 0 Å². The standard InChI is InChI=1S/C18H23NO7/c1-3-9-19(11(2)21)14-16(15(22)13(10-20)25-18(14)24)26-17(23)12-7-5-4-6-8-12/h3-8,13-16,18,20,22,24H,1,9-10H2,2H3/t13-,14-,15-,16-,18+/m1/s1. The first-order chi connectivity index (χ1) is 12.4. The molecule has 0 unspecified atom stereocenters. The van der Waals surface area contributed by atoms with Crippen LogP contribution < -0.4 is 0 Å². The highest BCUT2D eigenvalue weighted by molar-refractivity contribution is 5.89. The molecule has 8 heteroatoms. The number of aliphatic hydroxyl groups excluding tert-OH is 3. The van der Waals surface area contributed by atoms with Crippen molar-refractivity contribution in [3.8, 4) is 0 Å². The van der Waals surface area contributed by atoms with Gasteiger partial charge in [-0.15, -0.1) is 6.58 Å². The molecular formula is C18H23NO7. The first-order valence-electron chi connectivity index (χ1n) is 8.17. The fourth-order valence-corrected chi connectivity index (χ4v) is 2.90. The second-order valence-corrected chi connectivity index (χ2v) is 5.92. The number of carbonyl (C=O) groups excluding carboxylic acids is 2. The van der Waals surface area contributed by atoms with Gasteiger partial charge in [-0.2, -0.15) is 0 Å². The zero-order valence-corrected chi connectivity index (χ0v) is 14.4. The molecule has 26 heavy (non-hydrogen) atoms. The summed E-state index contributed by atoms with van der Waals surface area (Å²) >= 11 is 0. The molecule has 3 N–H and O–H groups in total. The summed E-state index contributed by atoms with van der Waals surface area (Å²) in [5, 5.41) is 30.2. The molecule has 1 fully saturated rings. The van der Waals surface area contributed by atoms with Crippen LogP contribution in [0.2, 0.25) is 0 Å². The predicted molar refractivity (Wildman–Crippen MR) is 91.0 cm³/mol. The molecular weight excluding hydrogens is 342 g/mol. The summed E-state index contributed by atoms with van der Waals surface area (Å²) < 4.78 is 10.6. The van der Waals surface area contributed by atoms with Crippen LogP contribution in [-0.2, 0) is 14.3 Å². The predicted octanol–water partition coefficient (Wildman–Crippen LogP) is -0.315. The molecule has 142 valence electrons. The average Bonchev–Trinajstić information content (AvgIpc) is 2.63. The number of rotatable bonds is 6. The molecule has 1 heterocycles. The van der Waals surface area contributed by atoms with Crippen molar-refractivity contribution >= 4 is 11.9 Å². The number of carbonyl (C=O) groups is 2. The zero-order valence-electron chi connectivity index (χ0n) is 14.4. The van der Waals surface area contributed by atoms with Gasteiger partial charge in [0.1, 0.15) is 18.2 Å². The normalized spacial score (nSPS) is 28.2. The molecule has 5 atom stereocenters. The molecule has 1 aliphatic heterocycles. The Hall–Kier alpha value is -2.26. The summed E-state index contributed by atoms with van der Waals surface area (Å²) in [6.07, 6.45) is -4.02. The first kappa shape index (κ1) is 20.1. The Labute approximate surface area is 151 Å². The summed E-state index contributed by atoms with van der Waals surface area (Å²) in [7, 11) is 0. The van der Waals surface area contributed by atoms with Gasteiger partial charge in [0.05, 0.1) is 12.2 Å². The zero-order chi connectivity index (χ0) is 19.3. The van der Waals surface area contributed by atoms with Crippen molar-refractivity contribution in [3.05, 3.63) is 48.6 Å². The van der Waals surface area contributed by atoms with E-state index in [2.05, 4.69) is 6.58 Å². The lowest BCUT2D eigenvalue weighted by atomic mass is 9.95. The molecule has 0 bridgehead atoms. The van der Waals surface area contributed by atoms with Gasteiger partial charge in [-0.05, 0) is 12.1 Å². The Kier molecular flexibility index (Phi) is 6.87. The van der Waals surface area contributed by atoms with Crippen LogP contribution in [0.1, 0.15) is 17.3 Å². The fraction of sp³-hybridized carbons (Fsp3) is 0.444. The van der Waals surface area contributed by atoms with Gasteiger partial charge in [0.25, 0.3) is 0 Å². The van der Waals surface area contributed by atoms with Crippen molar-refractivity contribution in [2.24, 2.45) is 0 Å². The number of benzene rings is 1. The average molecular weight is 365 g/mol. The third-order valence-corrected chi connectivity index (χ3v) is 4.18. The van der Waals surface area contributed by atoms with Crippen molar-refractivity contribution in [2.75, 3.05) is 13.2 Å². The number of esters is 1. The monoisotopic (exact) mass is 365 g/mol. The van der Waals surface area contributed by atoms with Crippen molar-refractivity contribution in [1.82, 2.24) is 4.90 Å². The lowest BCUT2D eigenvalue weighted by Crippen LogP contribution is -2.66. The number of ether oxygens (including phenoxy) is 2. The number of nitrogens with zero attached hydrogens (tertiary/aromatic N) is 1. The largest absolute Gasteiger partial charge is 0.453 e. The van der Waals surface area contributed by atoms with Gasteiger partial charge in [0.15, 0.2) is 12.4 Å². The highest BCUT2D eigenvalue weighted by atomic mass is 16.6. The molecule has 1 aromatic rings. The van der Waals surface area contributed by atoms with Gasteiger partial charge in [0, 0.05) is 13.5 Å². The van der Waals surface area contributed by atoms with Crippen molar-refractivity contribution < 1.29 is 34.4 Å². The van der Waals surface area contributed by atoms with Gasteiger partial charge in [0.2, 0.25) is 5.91 Å². The summed E-state index contributed by atoms with van der Waals surface area (Å²) in [4.78, 5) is 25.6. The molecule has 0 radical (unpaired) electrons. The van der Waals surface area contributed by atoms with E-state index in [9.17, 15) is 24.9 Å². The van der Waals surface area contributed by atoms with Crippen LogP contribution in [0.5, 0.6) is 0 Å². The van der Waals surface area contributed by atoms with Crippen molar-refractivity contribution in [3.63, 3.8) is 0 Å². The minimum absolute atomic E-state index is 0.0519. The van der Waals surface area contributed by atoms with E-state index in [-0.39, 0.29) is 12.1 Å². The van der Waals surface area contributed by atoms with Crippen LogP contribution in [-0.4, -0.2) is 75.9 Å². The van der Waals surface area contributed by atoms with E-state index in [1.54, 1.807) is 18.2 Å². The summed E-state index contributed by atoms with van der Waals surface area (Å²) in [5.74, 6) is -1.15. The second kappa shape index (κ2) is 8.91. The molecule has 1 saturated heterocycles. The lowest BCUT2D eigenvalue weighted by Gasteiger charge is -2.45. The molecule has 0 aromatic heterocycles. The molecule has 1 aromatic carbocycles. The van der Waals surface area contributed by atoms with E-state index < -0.39 is 49.1 Å². The van der Waals surface area contributed by atoms with Crippen LogP contribution >= 0.6 is 0 Å². The number of hydrogen-bond acceptors (Lipinski definition) is 7. The minimum Gasteiger partial charge on any atom is -0.453 e. The fourth-order valence-electron chi connectivity index (χ4n) is 2.90. The molecule has 0 aliphatic carbocycles. The summed E-state index contributed by atoms with van der Waals surface area (Å²) in [6, 6.07) is 6.95. The molecule has 8 nitrogen and oxygen atoms in total. The number of amides is 1. The van der Waals surface area contributed by atoms with Gasteiger partial charge in [-0.3, -0.25) is 4.79 Å². The van der Waals surface area contributed by atoms with Crippen LogP contribution in [0.3, 0.4) is 0 Å². The van der Waals surface area contributed by atoms with Crippen molar-refractivity contribution in [2.45, 2.75) is 37.6 Å². The lowest BCUT2D eigenvalue weighted by molar-refractivity contribution is -0.269. The summed E-state index contributed by atoms with van der Waals surface area (Å²) in [6.45, 7) is 4.29. The second-order valence-electron chi connectivity index (χ2n) is 5.92. The highest BCUT2D eigenvalue weighted by Gasteiger charge is 2.49. The van der Waals surface area contributed by atoms with Gasteiger partial charge in [-0.25, -0.2) is 4.79 Å². The Morgan fingerprint density at radius 2 is 1.96 bits per heavy atom. The summed E-state index contributed by atoms with van der Waals surface area (Å²) in [5.41, 5.74) is 0.248. The third-order valence-electron chi connectivity index (χ3n) is 4.18. The van der Waals surface area contributed by atoms with E-state index in [1.165, 1.54) is 30.0 Å². The van der Waals surface area contributed by atoms with Crippen molar-refractivity contribution in [1.29, 1.82) is 0 Å². The van der Waals surface area contributed by atoms with Gasteiger partial charge < -0.3 is 29.7 Å². The maximum absolute atomic E-state index is 12.4. The Morgan fingerprint density at radius 1 is 1.31 bits per heavy atom. The topological polar surface area (TPSA) is 117 Å². The van der Waals surface area contributed by atoms with Crippen LogP contribution in [0, 0.1) is 0 Å². The Balaban J connectivity index is 2.34. The van der Waals surface area contributed by atoms with Crippen LogP contribution in [0.25, 0.3) is 0 Å². The van der Waals surface area contributed by atoms with E-state index in [1.807, 2.05) is 0 Å². The van der Waals surface area contributed by atoms with Crippen LogP contribution in [0.15, 0.2) is 43.0 Å². The Morgan fingerprint density at radius 3 is 2.50 bits per heavy atom. The van der Waals surface area contributed by atoms with Gasteiger partial charge >= 0.3 is 5.97 Å². The van der Waals surface area contributed by atoms with Gasteiger partial charge in [-0.1, -0.05) is 24.3 Å². The number of aliphatic hydroxyl groups is 3.